The molecule has 1 saturated heterocycles. The lowest BCUT2D eigenvalue weighted by Gasteiger charge is -2.13. The molecular formula is C19H22N2O4. The molecule has 1 N–H and O–H groups in total. The summed E-state index contributed by atoms with van der Waals surface area (Å²) in [6, 6.07) is 12.4. The number of esters is 1. The lowest BCUT2D eigenvalue weighted by molar-refractivity contribution is -0.148. The van der Waals surface area contributed by atoms with Crippen molar-refractivity contribution in [2.45, 2.75) is 39.1 Å². The van der Waals surface area contributed by atoms with E-state index >= 15 is 0 Å². The Balaban J connectivity index is 1.41. The Hall–Kier alpha value is -2.60. The highest BCUT2D eigenvalue weighted by atomic mass is 16.5. The summed E-state index contributed by atoms with van der Waals surface area (Å²) in [5.41, 5.74) is 0.913. The Morgan fingerprint density at radius 2 is 2.04 bits per heavy atom. The summed E-state index contributed by atoms with van der Waals surface area (Å²) in [6.45, 7) is 4.98. The van der Waals surface area contributed by atoms with Crippen LogP contribution in [0.1, 0.15) is 24.0 Å². The fourth-order valence-corrected chi connectivity index (χ4v) is 2.59. The van der Waals surface area contributed by atoms with Gasteiger partial charge in [0.15, 0.2) is 0 Å². The number of aryl methyl sites for hydroxylation is 1. The van der Waals surface area contributed by atoms with Crippen molar-refractivity contribution in [1.82, 2.24) is 10.2 Å². The molecule has 3 atom stereocenters. The molecule has 1 amide bonds. The second-order valence-electron chi connectivity index (χ2n) is 6.28. The molecule has 0 spiro atoms. The van der Waals surface area contributed by atoms with E-state index in [1.54, 1.807) is 6.92 Å². The van der Waals surface area contributed by atoms with Crippen molar-refractivity contribution < 1.29 is 18.7 Å². The first-order valence-electron chi connectivity index (χ1n) is 8.33. The molecule has 132 valence electrons. The lowest BCUT2D eigenvalue weighted by atomic mass is 10.2. The topological polar surface area (TPSA) is 71.5 Å². The van der Waals surface area contributed by atoms with Crippen molar-refractivity contribution in [2.75, 3.05) is 6.54 Å². The van der Waals surface area contributed by atoms with E-state index in [0.29, 0.717) is 13.1 Å². The van der Waals surface area contributed by atoms with Crippen LogP contribution >= 0.6 is 0 Å². The average Bonchev–Trinajstić information content (AvgIpc) is 3.26. The van der Waals surface area contributed by atoms with Gasteiger partial charge in [-0.3, -0.25) is 9.69 Å². The van der Waals surface area contributed by atoms with Crippen LogP contribution < -0.4 is 5.32 Å². The summed E-state index contributed by atoms with van der Waals surface area (Å²) >= 11 is 0. The fourth-order valence-electron chi connectivity index (χ4n) is 2.59. The number of carbonyl (C=O) groups excluding carboxylic acids is 2. The minimum absolute atomic E-state index is 0.160. The van der Waals surface area contributed by atoms with E-state index in [-0.39, 0.29) is 18.6 Å². The van der Waals surface area contributed by atoms with Gasteiger partial charge in [-0.05, 0) is 31.5 Å². The maximum Gasteiger partial charge on any atom is 0.328 e. The Morgan fingerprint density at radius 1 is 1.28 bits per heavy atom. The van der Waals surface area contributed by atoms with Crippen LogP contribution in [0.15, 0.2) is 46.9 Å². The molecule has 1 fully saturated rings. The molecule has 0 bridgehead atoms. The minimum atomic E-state index is -0.676. The van der Waals surface area contributed by atoms with Crippen LogP contribution in [-0.4, -0.2) is 35.4 Å². The van der Waals surface area contributed by atoms with Crippen LogP contribution in [0.5, 0.6) is 0 Å². The molecular weight excluding hydrogens is 320 g/mol. The second kappa shape index (κ2) is 7.53. The third-order valence-electron chi connectivity index (χ3n) is 4.11. The molecule has 2 aromatic rings. The van der Waals surface area contributed by atoms with Gasteiger partial charge in [0, 0.05) is 6.54 Å². The standard InChI is InChI=1S/C19H22N2O4/c1-13-8-9-16(25-13)10-21-11-17(21)18(22)20-14(2)19(23)24-12-15-6-4-3-5-7-15/h3-9,14,17H,10-12H2,1-2H3,(H,20,22)/t14-,17?,21?/m0/s1. The molecule has 1 aliphatic rings. The smallest absolute Gasteiger partial charge is 0.328 e. The predicted octanol–water partition coefficient (Wildman–Crippen LogP) is 2.02. The lowest BCUT2D eigenvalue weighted by Crippen LogP contribution is -2.42. The van der Waals surface area contributed by atoms with Gasteiger partial charge >= 0.3 is 5.97 Å². The van der Waals surface area contributed by atoms with Crippen LogP contribution in [0.25, 0.3) is 0 Å². The largest absolute Gasteiger partial charge is 0.465 e. The maximum absolute atomic E-state index is 12.2. The van der Waals surface area contributed by atoms with Crippen LogP contribution in [0.4, 0.5) is 0 Å². The molecule has 25 heavy (non-hydrogen) atoms. The summed E-state index contributed by atoms with van der Waals surface area (Å²) in [5.74, 6) is 1.09. The first kappa shape index (κ1) is 17.2. The monoisotopic (exact) mass is 342 g/mol. The first-order valence-corrected chi connectivity index (χ1v) is 8.33. The van der Waals surface area contributed by atoms with Crippen molar-refractivity contribution in [3.8, 4) is 0 Å². The van der Waals surface area contributed by atoms with Gasteiger partial charge in [-0.25, -0.2) is 4.79 Å². The third-order valence-corrected chi connectivity index (χ3v) is 4.11. The van der Waals surface area contributed by atoms with Crippen molar-refractivity contribution in [2.24, 2.45) is 0 Å². The van der Waals surface area contributed by atoms with Crippen LogP contribution in [0.2, 0.25) is 0 Å². The SMILES string of the molecule is Cc1ccc(CN2CC2C(=O)N[C@@H](C)C(=O)OCc2ccccc2)o1. The van der Waals surface area contributed by atoms with Gasteiger partial charge in [0.05, 0.1) is 6.54 Å². The number of hydrogen-bond donors (Lipinski definition) is 1. The normalized spacial score (nSPS) is 19.9. The number of ether oxygens (including phenoxy) is 1. The maximum atomic E-state index is 12.2. The zero-order chi connectivity index (χ0) is 17.8. The average molecular weight is 342 g/mol. The summed E-state index contributed by atoms with van der Waals surface area (Å²) in [7, 11) is 0. The van der Waals surface area contributed by atoms with Crippen molar-refractivity contribution in [3.63, 3.8) is 0 Å². The summed E-state index contributed by atoms with van der Waals surface area (Å²) in [6.07, 6.45) is 0. The van der Waals surface area contributed by atoms with E-state index in [0.717, 1.165) is 17.1 Å². The molecule has 2 unspecified atom stereocenters. The molecule has 1 aromatic carbocycles. The Labute approximate surface area is 146 Å². The predicted molar refractivity (Wildman–Crippen MR) is 91.5 cm³/mol. The molecule has 3 rings (SSSR count). The number of carbonyl (C=O) groups is 2. The Morgan fingerprint density at radius 3 is 2.72 bits per heavy atom. The highest BCUT2D eigenvalue weighted by Crippen LogP contribution is 2.22. The van der Waals surface area contributed by atoms with E-state index in [1.807, 2.05) is 54.3 Å². The van der Waals surface area contributed by atoms with E-state index < -0.39 is 12.0 Å². The van der Waals surface area contributed by atoms with E-state index in [1.165, 1.54) is 0 Å². The van der Waals surface area contributed by atoms with E-state index in [9.17, 15) is 9.59 Å². The fraction of sp³-hybridized carbons (Fsp3) is 0.368. The van der Waals surface area contributed by atoms with E-state index in [2.05, 4.69) is 5.32 Å². The zero-order valence-electron chi connectivity index (χ0n) is 14.4. The summed E-state index contributed by atoms with van der Waals surface area (Å²) in [4.78, 5) is 26.2. The molecule has 1 aromatic heterocycles. The number of benzene rings is 1. The van der Waals surface area contributed by atoms with Crippen LogP contribution in [0, 0.1) is 6.92 Å². The van der Waals surface area contributed by atoms with Gasteiger partial charge in [0.1, 0.15) is 30.2 Å². The number of nitrogens with one attached hydrogen (secondary N) is 1. The van der Waals surface area contributed by atoms with Crippen molar-refractivity contribution in [1.29, 1.82) is 0 Å². The minimum Gasteiger partial charge on any atom is -0.465 e. The molecule has 6 heteroatoms. The summed E-state index contributed by atoms with van der Waals surface area (Å²) < 4.78 is 10.7. The van der Waals surface area contributed by atoms with Crippen molar-refractivity contribution in [3.05, 3.63) is 59.5 Å². The molecule has 2 heterocycles. The Bertz CT molecular complexity index is 741. The van der Waals surface area contributed by atoms with Gasteiger partial charge in [-0.15, -0.1) is 0 Å². The highest BCUT2D eigenvalue weighted by molar-refractivity contribution is 5.89. The molecule has 6 nitrogen and oxygen atoms in total. The molecule has 0 saturated carbocycles. The molecule has 0 radical (unpaired) electrons. The van der Waals surface area contributed by atoms with E-state index in [4.69, 9.17) is 9.15 Å². The number of rotatable bonds is 7. The van der Waals surface area contributed by atoms with Gasteiger partial charge in [0.2, 0.25) is 5.91 Å². The third kappa shape index (κ3) is 4.70. The zero-order valence-corrected chi connectivity index (χ0v) is 14.4. The Kier molecular flexibility index (Phi) is 5.19. The number of amides is 1. The summed E-state index contributed by atoms with van der Waals surface area (Å²) in [5, 5.41) is 2.71. The quantitative estimate of drug-likeness (QED) is 0.616. The van der Waals surface area contributed by atoms with Gasteiger partial charge in [-0.1, -0.05) is 30.3 Å². The molecule has 0 aliphatic carbocycles. The van der Waals surface area contributed by atoms with Gasteiger partial charge < -0.3 is 14.5 Å². The number of hydrogen-bond acceptors (Lipinski definition) is 5. The van der Waals surface area contributed by atoms with Crippen LogP contribution in [0.3, 0.4) is 0 Å². The van der Waals surface area contributed by atoms with Gasteiger partial charge in [-0.2, -0.15) is 0 Å². The second-order valence-corrected chi connectivity index (χ2v) is 6.28. The first-order chi connectivity index (χ1) is 12.0. The number of nitrogens with zero attached hydrogens (tertiary/aromatic N) is 1. The number of furan rings is 1. The van der Waals surface area contributed by atoms with Gasteiger partial charge in [0.25, 0.3) is 0 Å². The van der Waals surface area contributed by atoms with Crippen LogP contribution in [-0.2, 0) is 27.5 Å². The van der Waals surface area contributed by atoms with Crippen molar-refractivity contribution >= 4 is 11.9 Å². The molecule has 1 aliphatic heterocycles. The highest BCUT2D eigenvalue weighted by Gasteiger charge is 2.41.